The molecule has 2 fully saturated rings. The number of unbranched alkanes of at least 4 members (excludes halogenated alkanes) is 1. The van der Waals surface area contributed by atoms with Crippen molar-refractivity contribution in [1.82, 2.24) is 0 Å². The summed E-state index contributed by atoms with van der Waals surface area (Å²) in [5.41, 5.74) is 0. The maximum absolute atomic E-state index is 14.1. The summed E-state index contributed by atoms with van der Waals surface area (Å²) in [6.45, 7) is -0.478. The SMILES string of the molecule is CCCCC1CCC(C2CCC(COc3ccc(Cl)c(F)c3OC(F)F)CC2)CC1. The zero-order valence-electron chi connectivity index (χ0n) is 17.9. The third-order valence-corrected chi connectivity index (χ3v) is 7.40. The van der Waals surface area contributed by atoms with E-state index < -0.39 is 18.2 Å². The molecule has 0 radical (unpaired) electrons. The summed E-state index contributed by atoms with van der Waals surface area (Å²) >= 11 is 5.69. The fourth-order valence-corrected chi connectivity index (χ4v) is 5.45. The fourth-order valence-electron chi connectivity index (χ4n) is 5.30. The van der Waals surface area contributed by atoms with E-state index in [4.69, 9.17) is 16.3 Å². The van der Waals surface area contributed by atoms with Crippen molar-refractivity contribution in [2.45, 2.75) is 84.2 Å². The van der Waals surface area contributed by atoms with Gasteiger partial charge in [0.15, 0.2) is 11.6 Å². The van der Waals surface area contributed by atoms with E-state index in [1.165, 1.54) is 69.9 Å². The second-order valence-electron chi connectivity index (χ2n) is 9.08. The van der Waals surface area contributed by atoms with E-state index in [9.17, 15) is 13.2 Å². The molecule has 0 aliphatic heterocycles. The fraction of sp³-hybridized carbons (Fsp3) is 0.750. The van der Waals surface area contributed by atoms with Gasteiger partial charge >= 0.3 is 6.61 Å². The lowest BCUT2D eigenvalue weighted by Gasteiger charge is -2.38. The predicted molar refractivity (Wildman–Crippen MR) is 114 cm³/mol. The molecule has 3 rings (SSSR count). The highest BCUT2D eigenvalue weighted by molar-refractivity contribution is 6.30. The van der Waals surface area contributed by atoms with Crippen molar-refractivity contribution in [1.29, 1.82) is 0 Å². The third kappa shape index (κ3) is 6.45. The lowest BCUT2D eigenvalue weighted by molar-refractivity contribution is -0.0541. The van der Waals surface area contributed by atoms with Crippen LogP contribution in [0.3, 0.4) is 0 Å². The Balaban J connectivity index is 1.44. The summed E-state index contributed by atoms with van der Waals surface area (Å²) in [6, 6.07) is 2.70. The number of hydrogen-bond donors (Lipinski definition) is 0. The van der Waals surface area contributed by atoms with Crippen LogP contribution in [0.2, 0.25) is 5.02 Å². The molecule has 30 heavy (non-hydrogen) atoms. The van der Waals surface area contributed by atoms with Crippen LogP contribution in [0.5, 0.6) is 11.5 Å². The lowest BCUT2D eigenvalue weighted by Crippen LogP contribution is -2.27. The topological polar surface area (TPSA) is 18.5 Å². The molecule has 2 aliphatic carbocycles. The molecule has 6 heteroatoms. The molecule has 0 atom stereocenters. The summed E-state index contributed by atoms with van der Waals surface area (Å²) in [5.74, 6) is 1.35. The first-order valence-electron chi connectivity index (χ1n) is 11.5. The van der Waals surface area contributed by atoms with Crippen molar-refractivity contribution < 1.29 is 22.6 Å². The van der Waals surface area contributed by atoms with Gasteiger partial charge in [0.05, 0.1) is 11.6 Å². The monoisotopic (exact) mass is 446 g/mol. The van der Waals surface area contributed by atoms with Gasteiger partial charge in [0.25, 0.3) is 0 Å². The van der Waals surface area contributed by atoms with Crippen molar-refractivity contribution >= 4 is 11.6 Å². The molecular formula is C24H34ClF3O2. The predicted octanol–water partition coefficient (Wildman–Crippen LogP) is 8.26. The maximum atomic E-state index is 14.1. The minimum atomic E-state index is -3.13. The van der Waals surface area contributed by atoms with Gasteiger partial charge in [0.2, 0.25) is 5.75 Å². The zero-order chi connectivity index (χ0) is 21.5. The minimum Gasteiger partial charge on any atom is -0.489 e. The quantitative estimate of drug-likeness (QED) is 0.380. The highest BCUT2D eigenvalue weighted by Gasteiger charge is 2.31. The van der Waals surface area contributed by atoms with Crippen molar-refractivity contribution in [3.8, 4) is 11.5 Å². The van der Waals surface area contributed by atoms with E-state index in [0.717, 1.165) is 30.6 Å². The number of benzene rings is 1. The first kappa shape index (κ1) is 23.6. The van der Waals surface area contributed by atoms with Crippen LogP contribution in [0.15, 0.2) is 12.1 Å². The number of hydrogen-bond acceptors (Lipinski definition) is 2. The Morgan fingerprint density at radius 1 is 0.967 bits per heavy atom. The first-order chi connectivity index (χ1) is 14.5. The molecule has 2 saturated carbocycles. The molecule has 0 saturated heterocycles. The minimum absolute atomic E-state index is 0.00951. The Hall–Kier alpha value is -1.10. The summed E-state index contributed by atoms with van der Waals surface area (Å²) in [6.07, 6.45) is 14.1. The Labute approximate surface area is 183 Å². The average molecular weight is 447 g/mol. The molecule has 2 aliphatic rings. The highest BCUT2D eigenvalue weighted by Crippen LogP contribution is 2.43. The summed E-state index contributed by atoms with van der Waals surface area (Å²) < 4.78 is 49.3. The summed E-state index contributed by atoms with van der Waals surface area (Å²) in [4.78, 5) is 0. The van der Waals surface area contributed by atoms with Crippen molar-refractivity contribution in [2.24, 2.45) is 23.7 Å². The third-order valence-electron chi connectivity index (χ3n) is 7.11. The molecule has 0 unspecified atom stereocenters. The van der Waals surface area contributed by atoms with Crippen molar-refractivity contribution in [3.63, 3.8) is 0 Å². The van der Waals surface area contributed by atoms with Crippen LogP contribution in [-0.4, -0.2) is 13.2 Å². The number of rotatable bonds is 9. The van der Waals surface area contributed by atoms with Gasteiger partial charge in [0, 0.05) is 0 Å². The van der Waals surface area contributed by atoms with E-state index in [2.05, 4.69) is 11.7 Å². The van der Waals surface area contributed by atoms with Gasteiger partial charge in [0.1, 0.15) is 0 Å². The molecule has 1 aromatic rings. The Morgan fingerprint density at radius 2 is 1.57 bits per heavy atom. The van der Waals surface area contributed by atoms with Crippen LogP contribution in [0.25, 0.3) is 0 Å². The smallest absolute Gasteiger partial charge is 0.387 e. The van der Waals surface area contributed by atoms with E-state index in [-0.39, 0.29) is 10.8 Å². The molecule has 0 aromatic heterocycles. The molecule has 0 heterocycles. The van der Waals surface area contributed by atoms with Crippen LogP contribution in [0, 0.1) is 29.5 Å². The second-order valence-corrected chi connectivity index (χ2v) is 9.49. The molecular weight excluding hydrogens is 413 g/mol. The van der Waals surface area contributed by atoms with Crippen molar-refractivity contribution in [2.75, 3.05) is 6.61 Å². The van der Waals surface area contributed by atoms with Gasteiger partial charge in [-0.15, -0.1) is 0 Å². The van der Waals surface area contributed by atoms with Crippen LogP contribution in [0.4, 0.5) is 13.2 Å². The molecule has 0 N–H and O–H groups in total. The summed E-state index contributed by atoms with van der Waals surface area (Å²) in [5, 5.41) is -0.261. The van der Waals surface area contributed by atoms with Gasteiger partial charge in [-0.05, 0) is 74.3 Å². The van der Waals surface area contributed by atoms with Crippen LogP contribution >= 0.6 is 11.6 Å². The molecule has 2 nitrogen and oxygen atoms in total. The van der Waals surface area contributed by atoms with Crippen LogP contribution in [0.1, 0.15) is 77.6 Å². The van der Waals surface area contributed by atoms with E-state index >= 15 is 0 Å². The Bertz CT molecular complexity index is 654. The van der Waals surface area contributed by atoms with Gasteiger partial charge in [-0.1, -0.05) is 50.6 Å². The number of alkyl halides is 2. The standard InChI is InChI=1S/C24H34ClF3O2/c1-2-3-4-16-5-9-18(10-6-16)19-11-7-17(8-12-19)15-29-21-14-13-20(25)22(26)23(21)30-24(27)28/h13-14,16-19,24H,2-12,15H2,1H3. The van der Waals surface area contributed by atoms with Crippen LogP contribution < -0.4 is 9.47 Å². The van der Waals surface area contributed by atoms with E-state index in [1.807, 2.05) is 0 Å². The van der Waals surface area contributed by atoms with Gasteiger partial charge in [-0.3, -0.25) is 0 Å². The molecule has 0 spiro atoms. The van der Waals surface area contributed by atoms with E-state index in [1.54, 1.807) is 0 Å². The van der Waals surface area contributed by atoms with Crippen LogP contribution in [-0.2, 0) is 0 Å². The number of ether oxygens (including phenoxy) is 2. The second kappa shape index (κ2) is 11.5. The largest absolute Gasteiger partial charge is 0.489 e. The van der Waals surface area contributed by atoms with E-state index in [0.29, 0.717) is 12.5 Å². The van der Waals surface area contributed by atoms with Gasteiger partial charge < -0.3 is 9.47 Å². The van der Waals surface area contributed by atoms with Crippen molar-refractivity contribution in [3.05, 3.63) is 23.0 Å². The average Bonchev–Trinajstić information content (AvgIpc) is 2.75. The highest BCUT2D eigenvalue weighted by atomic mass is 35.5. The molecule has 1 aromatic carbocycles. The Kier molecular flexibility index (Phi) is 9.03. The first-order valence-corrected chi connectivity index (χ1v) is 11.9. The normalized spacial score (nSPS) is 27.3. The molecule has 0 bridgehead atoms. The molecule has 0 amide bonds. The van der Waals surface area contributed by atoms with Gasteiger partial charge in [-0.2, -0.15) is 8.78 Å². The van der Waals surface area contributed by atoms with Gasteiger partial charge in [-0.25, -0.2) is 4.39 Å². The molecule has 170 valence electrons. The summed E-state index contributed by atoms with van der Waals surface area (Å²) in [7, 11) is 0. The lowest BCUT2D eigenvalue weighted by atomic mass is 9.69. The zero-order valence-corrected chi connectivity index (χ0v) is 18.6. The number of halogens is 4. The maximum Gasteiger partial charge on any atom is 0.387 e. The Morgan fingerprint density at radius 3 is 2.13 bits per heavy atom.